The molecule has 0 radical (unpaired) electrons. The summed E-state index contributed by atoms with van der Waals surface area (Å²) in [7, 11) is 2.26. The van der Waals surface area contributed by atoms with Crippen LogP contribution in [0.25, 0.3) is 0 Å². The number of quaternary nitrogens is 1. The molecule has 2 unspecified atom stereocenters. The summed E-state index contributed by atoms with van der Waals surface area (Å²) in [4.78, 5) is 25.9. The van der Waals surface area contributed by atoms with E-state index in [0.717, 1.165) is 21.7 Å². The lowest BCUT2D eigenvalue weighted by Gasteiger charge is -2.44. The molecule has 0 aliphatic carbocycles. The van der Waals surface area contributed by atoms with Crippen molar-refractivity contribution in [3.05, 3.63) is 10.6 Å². The highest BCUT2D eigenvalue weighted by atomic mass is 32.2. The van der Waals surface area contributed by atoms with Crippen LogP contribution in [0.4, 0.5) is 0 Å². The Hall–Kier alpha value is -1.05. The van der Waals surface area contributed by atoms with Gasteiger partial charge in [0, 0.05) is 29.9 Å². The van der Waals surface area contributed by atoms with Crippen LogP contribution in [0.3, 0.4) is 0 Å². The number of carbonyl (C=O) groups is 2. The molecule has 0 aromatic heterocycles. The van der Waals surface area contributed by atoms with Crippen LogP contribution >= 0.6 is 11.8 Å². The Morgan fingerprint density at radius 3 is 2.65 bits per heavy atom. The zero-order chi connectivity index (χ0) is 16.8. The number of carbonyl (C=O) groups excluding carboxylic acids is 1. The Kier molecular flexibility index (Phi) is 4.46. The second kappa shape index (κ2) is 6.11. The number of β-lactam (4-membered cyclic amide) rings is 1. The van der Waals surface area contributed by atoms with Gasteiger partial charge in [-0.3, -0.25) is 4.79 Å². The van der Waals surface area contributed by atoms with Gasteiger partial charge in [-0.25, -0.2) is 4.79 Å². The van der Waals surface area contributed by atoms with Crippen molar-refractivity contribution in [3.63, 3.8) is 0 Å². The van der Waals surface area contributed by atoms with Crippen LogP contribution in [0.2, 0.25) is 0 Å². The Labute approximate surface area is 140 Å². The smallest absolute Gasteiger partial charge is 0.353 e. The van der Waals surface area contributed by atoms with Crippen molar-refractivity contribution in [2.75, 3.05) is 32.4 Å². The Morgan fingerprint density at radius 1 is 1.43 bits per heavy atom. The summed E-state index contributed by atoms with van der Waals surface area (Å²) in [6, 6.07) is -0.173. The van der Waals surface area contributed by atoms with E-state index in [1.54, 1.807) is 18.7 Å². The standard InChI is InChI=1S/C16H24N2O4S/c1-10(19)13-11-9-12(14(16(21)22)17(11)15(13)20)23-8-7-18(2)5-3-4-6-18/h10-11,13,19H,3-9H2,1-2H3/p+1/t10-,11?,13?/m1/s1. The molecule has 2 N–H and O–H groups in total. The third-order valence-electron chi connectivity index (χ3n) is 5.44. The Balaban J connectivity index is 1.66. The largest absolute Gasteiger partial charge is 0.477 e. The summed E-state index contributed by atoms with van der Waals surface area (Å²) >= 11 is 1.58. The number of carboxylic acids is 1. The summed E-state index contributed by atoms with van der Waals surface area (Å²) < 4.78 is 1.06. The summed E-state index contributed by atoms with van der Waals surface area (Å²) in [5.41, 5.74) is 0.144. The van der Waals surface area contributed by atoms with E-state index in [1.165, 1.54) is 30.8 Å². The van der Waals surface area contributed by atoms with Gasteiger partial charge in [0.2, 0.25) is 5.91 Å². The first-order valence-electron chi connectivity index (χ1n) is 8.28. The molecule has 23 heavy (non-hydrogen) atoms. The lowest BCUT2D eigenvalue weighted by Crippen LogP contribution is -2.61. The zero-order valence-corrected chi connectivity index (χ0v) is 14.5. The molecule has 7 heteroatoms. The van der Waals surface area contributed by atoms with Gasteiger partial charge in [0.15, 0.2) is 0 Å². The molecule has 2 saturated heterocycles. The molecule has 0 saturated carbocycles. The number of aliphatic hydroxyl groups excluding tert-OH is 1. The minimum Gasteiger partial charge on any atom is -0.477 e. The van der Waals surface area contributed by atoms with Crippen molar-refractivity contribution < 1.29 is 24.3 Å². The van der Waals surface area contributed by atoms with Crippen LogP contribution in [0, 0.1) is 5.92 Å². The normalized spacial score (nSPS) is 30.4. The predicted octanol–water partition coefficient (Wildman–Crippen LogP) is 0.868. The molecular weight excluding hydrogens is 316 g/mol. The van der Waals surface area contributed by atoms with Crippen molar-refractivity contribution in [1.82, 2.24) is 4.90 Å². The predicted molar refractivity (Wildman–Crippen MR) is 87.6 cm³/mol. The first-order chi connectivity index (χ1) is 10.8. The van der Waals surface area contributed by atoms with Gasteiger partial charge in [-0.15, -0.1) is 11.8 Å². The summed E-state index contributed by atoms with van der Waals surface area (Å²) in [5, 5.41) is 19.2. The third-order valence-corrected chi connectivity index (χ3v) is 6.54. The van der Waals surface area contributed by atoms with E-state index in [9.17, 15) is 19.8 Å². The van der Waals surface area contributed by atoms with E-state index in [-0.39, 0.29) is 17.6 Å². The van der Waals surface area contributed by atoms with Gasteiger partial charge >= 0.3 is 5.97 Å². The number of hydrogen-bond donors (Lipinski definition) is 2. The van der Waals surface area contributed by atoms with Crippen molar-refractivity contribution in [2.45, 2.75) is 38.3 Å². The minimum absolute atomic E-state index is 0.144. The summed E-state index contributed by atoms with van der Waals surface area (Å²) in [5.74, 6) is -0.868. The molecular formula is C16H25N2O4S+. The van der Waals surface area contributed by atoms with Gasteiger partial charge in [0.1, 0.15) is 5.70 Å². The number of thioether (sulfide) groups is 1. The molecule has 6 nitrogen and oxygen atoms in total. The quantitative estimate of drug-likeness (QED) is 0.554. The molecule has 0 spiro atoms. The minimum atomic E-state index is -1.03. The van der Waals surface area contributed by atoms with Crippen LogP contribution in [0.15, 0.2) is 10.6 Å². The number of likely N-dealkylation sites (tertiary alicyclic amines) is 1. The fraction of sp³-hybridized carbons (Fsp3) is 0.750. The van der Waals surface area contributed by atoms with E-state index < -0.39 is 18.0 Å². The summed E-state index contributed by atoms with van der Waals surface area (Å²) in [6.45, 7) is 5.02. The number of carboxylic acid groups (broad SMARTS) is 1. The van der Waals surface area contributed by atoms with E-state index in [4.69, 9.17) is 0 Å². The van der Waals surface area contributed by atoms with Crippen molar-refractivity contribution >= 4 is 23.6 Å². The van der Waals surface area contributed by atoms with Gasteiger partial charge < -0.3 is 19.6 Å². The van der Waals surface area contributed by atoms with E-state index >= 15 is 0 Å². The van der Waals surface area contributed by atoms with Gasteiger partial charge in [-0.05, 0) is 6.92 Å². The molecule has 0 aromatic carbocycles. The number of rotatable bonds is 6. The number of nitrogens with zero attached hydrogens (tertiary/aromatic N) is 2. The Bertz CT molecular complexity index is 554. The molecule has 0 bridgehead atoms. The van der Waals surface area contributed by atoms with Gasteiger partial charge in [-0.1, -0.05) is 0 Å². The van der Waals surface area contributed by atoms with Crippen molar-refractivity contribution in [3.8, 4) is 0 Å². The first kappa shape index (κ1) is 16.8. The number of aliphatic carboxylic acids is 1. The topological polar surface area (TPSA) is 77.8 Å². The van der Waals surface area contributed by atoms with Crippen LogP contribution in [-0.2, 0) is 9.59 Å². The van der Waals surface area contributed by atoms with E-state index in [2.05, 4.69) is 7.05 Å². The van der Waals surface area contributed by atoms with E-state index in [0.29, 0.717) is 6.42 Å². The molecule has 3 atom stereocenters. The highest BCUT2D eigenvalue weighted by Gasteiger charge is 2.56. The number of amides is 1. The second-order valence-corrected chi connectivity index (χ2v) is 8.36. The molecule has 0 aromatic rings. The van der Waals surface area contributed by atoms with Crippen molar-refractivity contribution in [1.29, 1.82) is 0 Å². The monoisotopic (exact) mass is 341 g/mol. The fourth-order valence-corrected chi connectivity index (χ4v) is 5.46. The maximum Gasteiger partial charge on any atom is 0.353 e. The second-order valence-electron chi connectivity index (χ2n) is 7.17. The molecule has 128 valence electrons. The van der Waals surface area contributed by atoms with Crippen LogP contribution in [0.5, 0.6) is 0 Å². The third kappa shape index (κ3) is 2.90. The molecule has 2 fully saturated rings. The first-order valence-corrected chi connectivity index (χ1v) is 9.26. The molecule has 3 heterocycles. The fourth-order valence-electron chi connectivity index (χ4n) is 4.07. The molecule has 1 amide bonds. The maximum atomic E-state index is 12.1. The lowest BCUT2D eigenvalue weighted by molar-refractivity contribution is -0.895. The summed E-state index contributed by atoms with van der Waals surface area (Å²) in [6.07, 6.45) is 2.38. The van der Waals surface area contributed by atoms with Crippen LogP contribution in [-0.4, -0.2) is 76.1 Å². The lowest BCUT2D eigenvalue weighted by atomic mass is 9.83. The molecule has 3 rings (SSSR count). The average Bonchev–Trinajstić information content (AvgIpc) is 3.01. The number of hydrogen-bond acceptors (Lipinski definition) is 4. The van der Waals surface area contributed by atoms with Gasteiger partial charge in [0.05, 0.1) is 44.7 Å². The Morgan fingerprint density at radius 2 is 2.09 bits per heavy atom. The molecule has 3 aliphatic heterocycles. The molecule has 3 aliphatic rings. The average molecular weight is 341 g/mol. The van der Waals surface area contributed by atoms with E-state index in [1.807, 2.05) is 0 Å². The van der Waals surface area contributed by atoms with Crippen LogP contribution < -0.4 is 0 Å². The number of aliphatic hydroxyl groups is 1. The van der Waals surface area contributed by atoms with Gasteiger partial charge in [0.25, 0.3) is 0 Å². The highest BCUT2D eigenvalue weighted by Crippen LogP contribution is 2.47. The van der Waals surface area contributed by atoms with Gasteiger partial charge in [-0.2, -0.15) is 0 Å². The number of fused-ring (bicyclic) bond motifs is 1. The van der Waals surface area contributed by atoms with Crippen LogP contribution in [0.1, 0.15) is 26.2 Å². The van der Waals surface area contributed by atoms with Crippen molar-refractivity contribution in [2.24, 2.45) is 5.92 Å². The zero-order valence-electron chi connectivity index (χ0n) is 13.7. The highest BCUT2D eigenvalue weighted by molar-refractivity contribution is 8.03. The SMILES string of the molecule is C[C@@H](O)C1C(=O)N2C(C(=O)O)=C(SCC[N+]3(C)CCCC3)CC12. The maximum absolute atomic E-state index is 12.1.